The molecule has 134 valence electrons. The largest absolute Gasteiger partial charge is 0.342 e. The van der Waals surface area contributed by atoms with Crippen LogP contribution >= 0.6 is 12.4 Å². The number of carbonyl (C=O) groups is 1. The van der Waals surface area contributed by atoms with Crippen LogP contribution in [0.4, 0.5) is 0 Å². The highest BCUT2D eigenvalue weighted by molar-refractivity contribution is 5.86. The van der Waals surface area contributed by atoms with Gasteiger partial charge >= 0.3 is 0 Å². The number of amides is 1. The van der Waals surface area contributed by atoms with Crippen molar-refractivity contribution in [3.8, 4) is 0 Å². The summed E-state index contributed by atoms with van der Waals surface area (Å²) in [5.74, 6) is 1.38. The molecule has 0 bridgehead atoms. The van der Waals surface area contributed by atoms with Gasteiger partial charge in [-0.15, -0.1) is 12.4 Å². The highest BCUT2D eigenvalue weighted by Gasteiger charge is 2.46. The lowest BCUT2D eigenvalue weighted by atomic mass is 9.92. The smallest absolute Gasteiger partial charge is 0.226 e. The molecule has 4 unspecified atom stereocenters. The average molecular weight is 359 g/mol. The van der Waals surface area contributed by atoms with Crippen LogP contribution in [-0.2, 0) is 4.79 Å². The second-order valence-electron chi connectivity index (χ2n) is 7.60. The summed E-state index contributed by atoms with van der Waals surface area (Å²) in [7, 11) is 0. The van der Waals surface area contributed by atoms with Crippen molar-refractivity contribution in [2.24, 2.45) is 17.6 Å². The first kappa shape index (κ1) is 18.2. The quantitative estimate of drug-likeness (QED) is 0.902. The molecule has 0 spiro atoms. The Morgan fingerprint density at radius 1 is 1.20 bits per heavy atom. The maximum absolute atomic E-state index is 12.9. The third-order valence-corrected chi connectivity index (χ3v) is 5.82. The summed E-state index contributed by atoms with van der Waals surface area (Å²) in [6, 6.07) is 15.2. The Balaban J connectivity index is 0.00000182. The van der Waals surface area contributed by atoms with E-state index in [9.17, 15) is 4.79 Å². The van der Waals surface area contributed by atoms with Gasteiger partial charge < -0.3 is 10.6 Å². The molecule has 2 N–H and O–H groups in total. The van der Waals surface area contributed by atoms with Crippen molar-refractivity contribution in [1.29, 1.82) is 0 Å². The number of benzene rings is 2. The molecule has 1 aliphatic heterocycles. The molecule has 0 radical (unpaired) electrons. The number of carbonyl (C=O) groups excluding carboxylic acids is 1. The molecule has 3 nitrogen and oxygen atoms in total. The lowest BCUT2D eigenvalue weighted by molar-refractivity contribution is -0.134. The molecule has 1 heterocycles. The highest BCUT2D eigenvalue weighted by Crippen LogP contribution is 2.49. The lowest BCUT2D eigenvalue weighted by Crippen LogP contribution is -2.45. The minimum Gasteiger partial charge on any atom is -0.342 e. The Kier molecular flexibility index (Phi) is 5.35. The number of piperidine rings is 1. The van der Waals surface area contributed by atoms with Crippen molar-refractivity contribution in [2.75, 3.05) is 13.1 Å². The zero-order valence-electron chi connectivity index (χ0n) is 14.7. The summed E-state index contributed by atoms with van der Waals surface area (Å²) in [5, 5.41) is 2.53. The molecule has 4 atom stereocenters. The Bertz CT molecular complexity index is 760. The van der Waals surface area contributed by atoms with Crippen LogP contribution in [0.25, 0.3) is 10.8 Å². The standard InChI is InChI=1S/C21H26N2O.ClH/c1-14(22)18-7-4-10-23(13-18)21(24)20-12-19(20)17-9-8-15-5-2-3-6-16(15)11-17;/h2-3,5-6,8-9,11,14,18-20H,4,7,10,12-13,22H2,1H3;1H. The first-order valence-corrected chi connectivity index (χ1v) is 9.16. The molecule has 2 aliphatic rings. The summed E-state index contributed by atoms with van der Waals surface area (Å²) in [4.78, 5) is 14.9. The topological polar surface area (TPSA) is 46.3 Å². The second kappa shape index (κ2) is 7.35. The predicted molar refractivity (Wildman–Crippen MR) is 105 cm³/mol. The Labute approximate surface area is 156 Å². The number of hydrogen-bond donors (Lipinski definition) is 1. The summed E-state index contributed by atoms with van der Waals surface area (Å²) >= 11 is 0. The van der Waals surface area contributed by atoms with E-state index in [4.69, 9.17) is 5.73 Å². The molecule has 2 aromatic rings. The first-order chi connectivity index (χ1) is 11.6. The second-order valence-corrected chi connectivity index (χ2v) is 7.60. The maximum Gasteiger partial charge on any atom is 0.226 e. The van der Waals surface area contributed by atoms with Gasteiger partial charge in [-0.2, -0.15) is 0 Å². The number of nitrogens with zero attached hydrogens (tertiary/aromatic N) is 1. The van der Waals surface area contributed by atoms with Gasteiger partial charge in [0.05, 0.1) is 0 Å². The van der Waals surface area contributed by atoms with Gasteiger partial charge in [0.2, 0.25) is 5.91 Å². The fourth-order valence-electron chi connectivity index (χ4n) is 4.15. The first-order valence-electron chi connectivity index (χ1n) is 9.16. The van der Waals surface area contributed by atoms with E-state index >= 15 is 0 Å². The van der Waals surface area contributed by atoms with Crippen LogP contribution in [0, 0.1) is 11.8 Å². The normalized spacial score (nSPS) is 26.8. The summed E-state index contributed by atoms with van der Waals surface area (Å²) in [6.45, 7) is 3.81. The minimum atomic E-state index is 0. The molecule has 2 fully saturated rings. The molecule has 1 saturated heterocycles. The van der Waals surface area contributed by atoms with Gasteiger partial charge in [0.15, 0.2) is 0 Å². The third kappa shape index (κ3) is 3.68. The molecular weight excluding hydrogens is 332 g/mol. The van der Waals surface area contributed by atoms with E-state index in [1.165, 1.54) is 16.3 Å². The Morgan fingerprint density at radius 3 is 2.72 bits per heavy atom. The van der Waals surface area contributed by atoms with E-state index in [1.807, 2.05) is 0 Å². The number of fused-ring (bicyclic) bond motifs is 1. The minimum absolute atomic E-state index is 0. The molecule has 1 saturated carbocycles. The van der Waals surface area contributed by atoms with Crippen molar-refractivity contribution in [1.82, 2.24) is 4.90 Å². The third-order valence-electron chi connectivity index (χ3n) is 5.82. The SMILES string of the molecule is CC(N)C1CCCN(C(=O)C2CC2c2ccc3ccccc3c2)C1.Cl. The van der Waals surface area contributed by atoms with Crippen LogP contribution in [0.1, 0.15) is 37.7 Å². The molecular formula is C21H27ClN2O. The van der Waals surface area contributed by atoms with E-state index < -0.39 is 0 Å². The number of rotatable bonds is 3. The molecule has 25 heavy (non-hydrogen) atoms. The number of likely N-dealkylation sites (tertiary alicyclic amines) is 1. The van der Waals surface area contributed by atoms with Crippen LogP contribution in [0.3, 0.4) is 0 Å². The van der Waals surface area contributed by atoms with E-state index in [-0.39, 0.29) is 24.4 Å². The van der Waals surface area contributed by atoms with Gasteiger partial charge in [-0.3, -0.25) is 4.79 Å². The molecule has 2 aromatic carbocycles. The van der Waals surface area contributed by atoms with Crippen molar-refractivity contribution in [2.45, 2.75) is 38.1 Å². The van der Waals surface area contributed by atoms with Gasteiger partial charge in [-0.1, -0.05) is 42.5 Å². The number of nitrogens with two attached hydrogens (primary N) is 1. The lowest BCUT2D eigenvalue weighted by Gasteiger charge is -2.34. The van der Waals surface area contributed by atoms with Crippen LogP contribution in [-0.4, -0.2) is 29.9 Å². The molecule has 0 aromatic heterocycles. The van der Waals surface area contributed by atoms with Crippen LogP contribution in [0.15, 0.2) is 42.5 Å². The zero-order chi connectivity index (χ0) is 16.7. The summed E-state index contributed by atoms with van der Waals surface area (Å²) in [6.07, 6.45) is 3.24. The maximum atomic E-state index is 12.9. The molecule has 4 rings (SSSR count). The number of hydrogen-bond acceptors (Lipinski definition) is 2. The van der Waals surface area contributed by atoms with Gasteiger partial charge in [-0.25, -0.2) is 0 Å². The van der Waals surface area contributed by atoms with Crippen molar-refractivity contribution >= 4 is 29.1 Å². The summed E-state index contributed by atoms with van der Waals surface area (Å²) in [5.41, 5.74) is 7.37. The molecule has 4 heteroatoms. The van der Waals surface area contributed by atoms with Gasteiger partial charge in [0.1, 0.15) is 0 Å². The van der Waals surface area contributed by atoms with E-state index in [0.717, 1.165) is 32.4 Å². The average Bonchev–Trinajstić information content (AvgIpc) is 3.41. The number of halogens is 1. The van der Waals surface area contributed by atoms with Gasteiger partial charge in [-0.05, 0) is 54.4 Å². The van der Waals surface area contributed by atoms with Crippen LogP contribution in [0.2, 0.25) is 0 Å². The van der Waals surface area contributed by atoms with E-state index in [2.05, 4.69) is 54.3 Å². The molecule has 1 aliphatic carbocycles. The van der Waals surface area contributed by atoms with Crippen LogP contribution in [0.5, 0.6) is 0 Å². The van der Waals surface area contributed by atoms with Gasteiger partial charge in [0.25, 0.3) is 0 Å². The van der Waals surface area contributed by atoms with Crippen LogP contribution < -0.4 is 5.73 Å². The fraction of sp³-hybridized carbons (Fsp3) is 0.476. The highest BCUT2D eigenvalue weighted by atomic mass is 35.5. The van der Waals surface area contributed by atoms with Crippen molar-refractivity contribution in [3.63, 3.8) is 0 Å². The predicted octanol–water partition coefficient (Wildman–Crippen LogP) is 3.95. The Morgan fingerprint density at radius 2 is 1.96 bits per heavy atom. The van der Waals surface area contributed by atoms with Gasteiger partial charge in [0, 0.05) is 25.0 Å². The summed E-state index contributed by atoms with van der Waals surface area (Å²) < 4.78 is 0. The molecule has 1 amide bonds. The van der Waals surface area contributed by atoms with Crippen molar-refractivity contribution in [3.05, 3.63) is 48.0 Å². The Hall–Kier alpha value is -1.58. The van der Waals surface area contributed by atoms with E-state index in [0.29, 0.717) is 17.7 Å². The fourth-order valence-corrected chi connectivity index (χ4v) is 4.15. The van der Waals surface area contributed by atoms with Crippen molar-refractivity contribution < 1.29 is 4.79 Å². The zero-order valence-corrected chi connectivity index (χ0v) is 15.5. The van der Waals surface area contributed by atoms with E-state index in [1.54, 1.807) is 0 Å². The monoisotopic (exact) mass is 358 g/mol.